The van der Waals surface area contributed by atoms with E-state index < -0.39 is 0 Å². The number of amides is 1. The molecule has 1 amide bonds. The van der Waals surface area contributed by atoms with Gasteiger partial charge in [-0.2, -0.15) is 0 Å². The van der Waals surface area contributed by atoms with Crippen LogP contribution in [-0.4, -0.2) is 17.6 Å². The third-order valence-corrected chi connectivity index (χ3v) is 5.87. The van der Waals surface area contributed by atoms with Gasteiger partial charge in [-0.1, -0.05) is 41.4 Å². The van der Waals surface area contributed by atoms with E-state index in [0.717, 1.165) is 22.2 Å². The molecule has 0 aliphatic rings. The van der Waals surface area contributed by atoms with Gasteiger partial charge < -0.3 is 15.4 Å². The van der Waals surface area contributed by atoms with Crippen molar-refractivity contribution in [1.29, 1.82) is 0 Å². The van der Waals surface area contributed by atoms with Crippen molar-refractivity contribution in [1.82, 2.24) is 9.88 Å². The third kappa shape index (κ3) is 5.58. The van der Waals surface area contributed by atoms with Gasteiger partial charge in [0, 0.05) is 35.4 Å². The Morgan fingerprint density at radius 3 is 2.41 bits per heavy atom. The monoisotopic (exact) mass is 475 g/mol. The number of methoxy groups -OCH3 is 1. The number of hydrogen-bond donors (Lipinski definition) is 2. The lowest BCUT2D eigenvalue weighted by atomic mass is 10.1. The largest absolute Gasteiger partial charge is 0.497 e. The van der Waals surface area contributed by atoms with Gasteiger partial charge in [0.2, 0.25) is 5.91 Å². The summed E-state index contributed by atoms with van der Waals surface area (Å²) in [4.78, 5) is 26.2. The first kappa shape index (κ1) is 23.4. The molecule has 0 saturated carbocycles. The quantitative estimate of drug-likeness (QED) is 0.380. The highest BCUT2D eigenvalue weighted by atomic mass is 35.5. The van der Waals surface area contributed by atoms with E-state index in [-0.39, 0.29) is 18.0 Å². The third-order valence-electron chi connectivity index (χ3n) is 5.62. The van der Waals surface area contributed by atoms with E-state index in [9.17, 15) is 9.59 Å². The summed E-state index contributed by atoms with van der Waals surface area (Å²) in [6.45, 7) is 2.61. The van der Waals surface area contributed by atoms with Gasteiger partial charge in [-0.15, -0.1) is 0 Å². The Hall–Kier alpha value is -3.77. The summed E-state index contributed by atoms with van der Waals surface area (Å²) >= 11 is 5.93. The number of aryl methyl sites for hydroxylation is 1. The van der Waals surface area contributed by atoms with Crippen molar-refractivity contribution in [2.24, 2.45) is 0 Å². The zero-order valence-electron chi connectivity index (χ0n) is 19.1. The predicted octanol–water partition coefficient (Wildman–Crippen LogP) is 4.90. The molecule has 0 bridgehead atoms. The molecule has 0 saturated heterocycles. The van der Waals surface area contributed by atoms with Crippen LogP contribution < -0.4 is 20.9 Å². The predicted molar refractivity (Wildman–Crippen MR) is 137 cm³/mol. The summed E-state index contributed by atoms with van der Waals surface area (Å²) < 4.78 is 6.84. The Morgan fingerprint density at radius 1 is 0.971 bits per heavy atom. The van der Waals surface area contributed by atoms with Gasteiger partial charge in [0.25, 0.3) is 5.56 Å². The maximum atomic E-state index is 13.4. The molecule has 7 heteroatoms. The molecule has 0 spiro atoms. The van der Waals surface area contributed by atoms with Crippen LogP contribution in [0.2, 0.25) is 5.02 Å². The number of anilines is 1. The first-order valence-electron chi connectivity index (χ1n) is 10.9. The first-order valence-corrected chi connectivity index (χ1v) is 11.3. The Morgan fingerprint density at radius 2 is 1.71 bits per heavy atom. The number of aromatic nitrogens is 1. The summed E-state index contributed by atoms with van der Waals surface area (Å²) in [7, 11) is 1.57. The van der Waals surface area contributed by atoms with Crippen LogP contribution in [-0.2, 0) is 24.4 Å². The van der Waals surface area contributed by atoms with Crippen LogP contribution in [0.25, 0.3) is 10.9 Å². The molecule has 2 N–H and O–H groups in total. The van der Waals surface area contributed by atoms with Crippen LogP contribution in [0.5, 0.6) is 5.75 Å². The van der Waals surface area contributed by atoms with Gasteiger partial charge in [0.15, 0.2) is 0 Å². The van der Waals surface area contributed by atoms with Crippen molar-refractivity contribution in [3.63, 3.8) is 0 Å². The summed E-state index contributed by atoms with van der Waals surface area (Å²) in [6, 6.07) is 22.6. The van der Waals surface area contributed by atoms with Crippen LogP contribution >= 0.6 is 11.6 Å². The van der Waals surface area contributed by atoms with Gasteiger partial charge in [0.1, 0.15) is 12.3 Å². The molecule has 34 heavy (non-hydrogen) atoms. The lowest BCUT2D eigenvalue weighted by Crippen LogP contribution is -2.33. The molecule has 1 aromatic heterocycles. The van der Waals surface area contributed by atoms with E-state index in [1.165, 1.54) is 4.57 Å². The van der Waals surface area contributed by atoms with Gasteiger partial charge in [-0.3, -0.25) is 14.2 Å². The molecular formula is C27H26ClN3O3. The Kier molecular flexibility index (Phi) is 7.18. The molecule has 0 atom stereocenters. The molecule has 0 aliphatic heterocycles. The van der Waals surface area contributed by atoms with E-state index in [0.29, 0.717) is 34.9 Å². The minimum atomic E-state index is -0.259. The van der Waals surface area contributed by atoms with E-state index in [1.807, 2.05) is 61.5 Å². The van der Waals surface area contributed by atoms with Crippen LogP contribution in [0.3, 0.4) is 0 Å². The minimum absolute atomic E-state index is 0.103. The number of fused-ring (bicyclic) bond motifs is 1. The molecule has 0 unspecified atom stereocenters. The van der Waals surface area contributed by atoms with Crippen molar-refractivity contribution >= 4 is 34.1 Å². The zero-order chi connectivity index (χ0) is 24.1. The van der Waals surface area contributed by atoms with Crippen molar-refractivity contribution in [2.75, 3.05) is 12.4 Å². The first-order chi connectivity index (χ1) is 16.4. The number of halogens is 1. The Bertz CT molecular complexity index is 1360. The van der Waals surface area contributed by atoms with Crippen LogP contribution in [0.4, 0.5) is 5.69 Å². The molecule has 174 valence electrons. The van der Waals surface area contributed by atoms with Gasteiger partial charge >= 0.3 is 0 Å². The van der Waals surface area contributed by atoms with Gasteiger partial charge in [-0.25, -0.2) is 0 Å². The Labute approximate surface area is 203 Å². The average Bonchev–Trinajstić information content (AvgIpc) is 2.85. The molecule has 0 radical (unpaired) electrons. The second-order valence-corrected chi connectivity index (χ2v) is 8.54. The molecule has 0 fully saturated rings. The molecule has 4 rings (SSSR count). The van der Waals surface area contributed by atoms with E-state index in [1.54, 1.807) is 25.3 Å². The van der Waals surface area contributed by atoms with Crippen molar-refractivity contribution in [2.45, 2.75) is 26.6 Å². The highest BCUT2D eigenvalue weighted by Crippen LogP contribution is 2.21. The standard InChI is InChI=1S/C27H26ClN3O3/c1-18-3-10-23(11-4-18)29-16-21-13-20-7-12-24(34-2)14-25(20)31(27(21)33)17-26(32)30-15-19-5-8-22(28)9-6-19/h3-14,29H,15-17H2,1-2H3,(H,30,32). The molecule has 6 nitrogen and oxygen atoms in total. The minimum Gasteiger partial charge on any atom is -0.497 e. The number of pyridine rings is 1. The summed E-state index contributed by atoms with van der Waals surface area (Å²) in [5.74, 6) is 0.359. The fraction of sp³-hybridized carbons (Fsp3) is 0.185. The van der Waals surface area contributed by atoms with Crippen molar-refractivity contribution < 1.29 is 9.53 Å². The lowest BCUT2D eigenvalue weighted by Gasteiger charge is -2.15. The van der Waals surface area contributed by atoms with Crippen LogP contribution in [0, 0.1) is 6.92 Å². The fourth-order valence-electron chi connectivity index (χ4n) is 3.69. The normalized spacial score (nSPS) is 10.8. The highest BCUT2D eigenvalue weighted by Gasteiger charge is 2.14. The number of benzene rings is 3. The maximum absolute atomic E-state index is 13.4. The fourth-order valence-corrected chi connectivity index (χ4v) is 3.82. The van der Waals surface area contributed by atoms with E-state index in [4.69, 9.17) is 16.3 Å². The van der Waals surface area contributed by atoms with Gasteiger partial charge in [-0.05, 0) is 60.3 Å². The second-order valence-electron chi connectivity index (χ2n) is 8.11. The van der Waals surface area contributed by atoms with Crippen LogP contribution in [0.15, 0.2) is 77.6 Å². The van der Waals surface area contributed by atoms with Gasteiger partial charge in [0.05, 0.1) is 12.6 Å². The number of nitrogens with one attached hydrogen (secondary N) is 2. The molecule has 4 aromatic rings. The van der Waals surface area contributed by atoms with Crippen molar-refractivity contribution in [3.05, 3.63) is 105 Å². The lowest BCUT2D eigenvalue weighted by molar-refractivity contribution is -0.121. The smallest absolute Gasteiger partial charge is 0.256 e. The molecule has 1 heterocycles. The van der Waals surface area contributed by atoms with E-state index >= 15 is 0 Å². The topological polar surface area (TPSA) is 72.4 Å². The number of hydrogen-bond acceptors (Lipinski definition) is 4. The highest BCUT2D eigenvalue weighted by molar-refractivity contribution is 6.30. The maximum Gasteiger partial charge on any atom is 0.256 e. The summed E-state index contributed by atoms with van der Waals surface area (Å²) in [5.41, 5.74) is 4.01. The molecule has 0 aliphatic carbocycles. The number of carbonyl (C=O) groups is 1. The number of rotatable bonds is 8. The van der Waals surface area contributed by atoms with E-state index in [2.05, 4.69) is 10.6 Å². The summed E-state index contributed by atoms with van der Waals surface area (Å²) in [5, 5.41) is 7.67. The number of ether oxygens (including phenoxy) is 1. The SMILES string of the molecule is COc1ccc2cc(CNc3ccc(C)cc3)c(=O)n(CC(=O)NCc3ccc(Cl)cc3)c2c1. The zero-order valence-corrected chi connectivity index (χ0v) is 19.9. The second kappa shape index (κ2) is 10.4. The number of carbonyl (C=O) groups excluding carboxylic acids is 1. The molecular weight excluding hydrogens is 450 g/mol. The Balaban J connectivity index is 1.60. The number of nitrogens with zero attached hydrogens (tertiary/aromatic N) is 1. The van der Waals surface area contributed by atoms with Crippen molar-refractivity contribution in [3.8, 4) is 5.75 Å². The average molecular weight is 476 g/mol. The summed E-state index contributed by atoms with van der Waals surface area (Å²) in [6.07, 6.45) is 0. The molecule has 3 aromatic carbocycles. The van der Waals surface area contributed by atoms with Crippen LogP contribution in [0.1, 0.15) is 16.7 Å².